The molecule has 0 N–H and O–H groups in total. The van der Waals surface area contributed by atoms with Gasteiger partial charge in [-0.1, -0.05) is 70.8 Å². The second-order valence-corrected chi connectivity index (χ2v) is 11.6. The minimum atomic E-state index is 0. The Balaban J connectivity index is 0.000000173. The van der Waals surface area contributed by atoms with Gasteiger partial charge in [0.1, 0.15) is 0 Å². The minimum Gasteiger partial charge on any atom is -0.126 e. The Morgan fingerprint density at radius 1 is 0.628 bits per heavy atom. The molecule has 7 rings (SSSR count). The molecule has 0 saturated heterocycles. The van der Waals surface area contributed by atoms with Crippen molar-refractivity contribution in [2.45, 2.75) is 27.2 Å². The zero-order chi connectivity index (χ0) is 28.6. The van der Waals surface area contributed by atoms with Crippen LogP contribution in [0.5, 0.6) is 0 Å². The summed E-state index contributed by atoms with van der Waals surface area (Å²) in [4.78, 5) is 0. The zero-order valence-electron chi connectivity index (χ0n) is 26.0. The van der Waals surface area contributed by atoms with Gasteiger partial charge < -0.3 is 14.9 Å². The first kappa shape index (κ1) is 33.7. The molecule has 0 atom stereocenters. The summed E-state index contributed by atoms with van der Waals surface area (Å²) in [7, 11) is 0. The van der Waals surface area contributed by atoms with E-state index in [1.54, 1.807) is 0 Å². The van der Waals surface area contributed by atoms with Gasteiger partial charge in [0.05, 0.1) is 0 Å². The van der Waals surface area contributed by atoms with Crippen LogP contribution in [0.25, 0.3) is 27.1 Å². The van der Waals surface area contributed by atoms with E-state index in [0.29, 0.717) is 0 Å². The van der Waals surface area contributed by atoms with Gasteiger partial charge in [-0.15, -0.1) is 46.2 Å². The van der Waals surface area contributed by atoms with Crippen LogP contribution in [0, 0.1) is 41.7 Å². The molecule has 216 valence electrons. The molecule has 0 nitrogen and oxygen atoms in total. The maximum Gasteiger partial charge on any atom is -0.0771 e. The number of fused-ring (bicyclic) bond motifs is 3. The van der Waals surface area contributed by atoms with Gasteiger partial charge in [-0.05, 0) is 20.8 Å². The van der Waals surface area contributed by atoms with Gasteiger partial charge in [0, 0.05) is 0 Å². The Morgan fingerprint density at radius 2 is 1.07 bits per heavy atom. The molecule has 1 aliphatic carbocycles. The maximum absolute atomic E-state index is 3.22. The van der Waals surface area contributed by atoms with Crippen LogP contribution in [0.1, 0.15) is 39.8 Å². The summed E-state index contributed by atoms with van der Waals surface area (Å²) in [5.41, 5.74) is 9.46. The van der Waals surface area contributed by atoms with E-state index in [1.807, 2.05) is 0 Å². The summed E-state index contributed by atoms with van der Waals surface area (Å²) < 4.78 is 1.42. The molecule has 1 heteroatoms. The first-order chi connectivity index (χ1) is 20.0. The standard InChI is InChI=1S/C14H15.C13H9.C13H10.2CH3.Zr/c1-10-8-11(2)14(12(3)9-10)13-6-4-5-7-13;1-3-7-12-10(5-1)9-11-6-2-4-8-13(11)12;1-3-7-12(8-4-1)11-13-9-5-2-6-10-13;;;/h6-9H,4H2,1-3H3;1-9H;1-10H;2*1H3;/q2*-1;;2*-1;. The van der Waals surface area contributed by atoms with Gasteiger partial charge in [0.25, 0.3) is 0 Å². The van der Waals surface area contributed by atoms with Crippen LogP contribution in [0.2, 0.25) is 0 Å². The maximum atomic E-state index is 3.22. The third-order valence-corrected chi connectivity index (χ3v) is 8.73. The fourth-order valence-corrected chi connectivity index (χ4v) is 6.31. The molecule has 0 aliphatic heterocycles. The second-order valence-electron chi connectivity index (χ2n) is 10.4. The van der Waals surface area contributed by atoms with Crippen molar-refractivity contribution in [2.24, 2.45) is 0 Å². The number of hydrogen-bond donors (Lipinski definition) is 0. The second kappa shape index (κ2) is 16.2. The van der Waals surface area contributed by atoms with Gasteiger partial charge in [-0.25, -0.2) is 6.08 Å². The van der Waals surface area contributed by atoms with Crippen molar-refractivity contribution < 1.29 is 24.2 Å². The number of benzene rings is 5. The number of allylic oxidation sites excluding steroid dienone is 4. The van der Waals surface area contributed by atoms with Gasteiger partial charge in [0.15, 0.2) is 0 Å². The molecule has 0 unspecified atom stereocenters. The molecule has 1 aliphatic rings. The Kier molecular flexibility index (Phi) is 12.7. The number of hydrogen-bond acceptors (Lipinski definition) is 0. The SMILES string of the molecule is Cc1cc(C)c(C2=CC[C-]=C2)c(C)c1.[CH3-].[CH3-].[Zr]=[C](c1ccccc1)c1ccccc1.c1ccc2c(c1)[cH-]c1ccccc12. The molecule has 0 amide bonds. The molecule has 0 bridgehead atoms. The van der Waals surface area contributed by atoms with Crippen LogP contribution in [-0.2, 0) is 24.2 Å². The Labute approximate surface area is 274 Å². The van der Waals surface area contributed by atoms with Crippen molar-refractivity contribution in [1.29, 1.82) is 0 Å². The molecule has 6 aromatic rings. The van der Waals surface area contributed by atoms with Crippen molar-refractivity contribution >= 4 is 30.3 Å². The molecule has 0 radical (unpaired) electrons. The molecule has 0 aromatic heterocycles. The quantitative estimate of drug-likeness (QED) is 0.170. The number of rotatable bonds is 3. The third kappa shape index (κ3) is 8.40. The van der Waals surface area contributed by atoms with E-state index in [0.717, 1.165) is 6.42 Å². The summed E-state index contributed by atoms with van der Waals surface area (Å²) >= 11 is 1.46. The predicted molar refractivity (Wildman–Crippen MR) is 187 cm³/mol. The number of aryl methyl sites for hydroxylation is 3. The van der Waals surface area contributed by atoms with Gasteiger partial charge in [0.2, 0.25) is 0 Å². The molecule has 0 spiro atoms. The predicted octanol–water partition coefficient (Wildman–Crippen LogP) is 11.2. The minimum absolute atomic E-state index is 0. The van der Waals surface area contributed by atoms with E-state index in [1.165, 1.54) is 87.9 Å². The Bertz CT molecular complexity index is 1720. The van der Waals surface area contributed by atoms with E-state index in [4.69, 9.17) is 0 Å². The Hall–Kier alpha value is -3.80. The van der Waals surface area contributed by atoms with Crippen LogP contribution in [0.3, 0.4) is 0 Å². The first-order valence-corrected chi connectivity index (χ1v) is 15.3. The van der Waals surface area contributed by atoms with Crippen molar-refractivity contribution in [3.63, 3.8) is 0 Å². The van der Waals surface area contributed by atoms with Crippen LogP contribution < -0.4 is 0 Å². The third-order valence-electron chi connectivity index (χ3n) is 7.31. The molecular weight excluding hydrogens is 596 g/mol. The monoisotopic (exact) mass is 634 g/mol. The van der Waals surface area contributed by atoms with Crippen LogP contribution in [0.15, 0.2) is 140 Å². The van der Waals surface area contributed by atoms with E-state index in [-0.39, 0.29) is 14.9 Å². The smallest absolute Gasteiger partial charge is 0.0771 e. The van der Waals surface area contributed by atoms with E-state index in [2.05, 4.69) is 166 Å². The topological polar surface area (TPSA) is 0 Å². The Morgan fingerprint density at radius 3 is 1.51 bits per heavy atom. The summed E-state index contributed by atoms with van der Waals surface area (Å²) in [6.45, 7) is 6.51. The van der Waals surface area contributed by atoms with Crippen LogP contribution >= 0.6 is 0 Å². The molecule has 0 fully saturated rings. The van der Waals surface area contributed by atoms with Crippen LogP contribution in [0.4, 0.5) is 0 Å². The van der Waals surface area contributed by atoms with Gasteiger partial charge in [-0.3, -0.25) is 6.08 Å². The first-order valence-electron chi connectivity index (χ1n) is 14.1. The van der Waals surface area contributed by atoms with Crippen molar-refractivity contribution in [3.8, 4) is 0 Å². The molecule has 0 saturated carbocycles. The average molecular weight is 636 g/mol. The molecule has 0 heterocycles. The van der Waals surface area contributed by atoms with Gasteiger partial charge >= 0.3 is 99.2 Å². The zero-order valence-corrected chi connectivity index (χ0v) is 28.4. The molecular formula is C42H40Zr-4. The van der Waals surface area contributed by atoms with Crippen molar-refractivity contribution in [3.05, 3.63) is 194 Å². The molecule has 6 aromatic carbocycles. The normalized spacial score (nSPS) is 11.3. The summed E-state index contributed by atoms with van der Waals surface area (Å²) in [5, 5.41) is 5.39. The fourth-order valence-electron chi connectivity index (χ4n) is 5.49. The van der Waals surface area contributed by atoms with Crippen molar-refractivity contribution in [1.82, 2.24) is 0 Å². The van der Waals surface area contributed by atoms with Gasteiger partial charge in [-0.2, -0.15) is 11.6 Å². The summed E-state index contributed by atoms with van der Waals surface area (Å²) in [6, 6.07) is 44.9. The molecule has 43 heavy (non-hydrogen) atoms. The average Bonchev–Trinajstić information content (AvgIpc) is 3.66. The fraction of sp³-hybridized carbons (Fsp3) is 0.0952. The summed E-state index contributed by atoms with van der Waals surface area (Å²) in [6.07, 6.45) is 8.53. The largest absolute Gasteiger partial charge is 0.126 e. The van der Waals surface area contributed by atoms with Crippen molar-refractivity contribution in [2.75, 3.05) is 0 Å². The van der Waals surface area contributed by atoms with E-state index >= 15 is 0 Å². The van der Waals surface area contributed by atoms with E-state index in [9.17, 15) is 0 Å². The van der Waals surface area contributed by atoms with Crippen LogP contribution in [-0.4, -0.2) is 3.21 Å². The van der Waals surface area contributed by atoms with E-state index < -0.39 is 0 Å². The summed E-state index contributed by atoms with van der Waals surface area (Å²) in [5.74, 6) is 0.